The zero-order valence-corrected chi connectivity index (χ0v) is 5.23. The van der Waals surface area contributed by atoms with Crippen LogP contribution in [0.1, 0.15) is 6.92 Å². The zero-order chi connectivity index (χ0) is 6.41. The van der Waals surface area contributed by atoms with Crippen molar-refractivity contribution < 1.29 is 0 Å². The first-order valence-corrected chi connectivity index (χ1v) is 2.52. The van der Waals surface area contributed by atoms with Crippen molar-refractivity contribution in [3.8, 4) is 0 Å². The van der Waals surface area contributed by atoms with Crippen molar-refractivity contribution >= 4 is 5.96 Å². The van der Waals surface area contributed by atoms with Gasteiger partial charge in [0.25, 0.3) is 0 Å². The maximum Gasteiger partial charge on any atom is 0.202 e. The first-order chi connectivity index (χ1) is 3.81. The molecule has 0 atom stereocenters. The number of nitrogens with zero attached hydrogens (tertiary/aromatic N) is 1. The Bertz CT molecular complexity index is 78.1. The zero-order valence-electron chi connectivity index (χ0n) is 5.23. The highest BCUT2D eigenvalue weighted by molar-refractivity contribution is 5.76. The summed E-state index contributed by atoms with van der Waals surface area (Å²) in [6.45, 7) is 2.80. The number of guanidine groups is 1. The van der Waals surface area contributed by atoms with Crippen LogP contribution in [0, 0.1) is 0 Å². The summed E-state index contributed by atoms with van der Waals surface area (Å²) in [5, 5.41) is 0. The molecule has 8 heavy (non-hydrogen) atoms. The van der Waals surface area contributed by atoms with Gasteiger partial charge < -0.3 is 5.73 Å². The Balaban J connectivity index is 3.12. The molecule has 0 fully saturated rings. The molecule has 0 aliphatic carbocycles. The van der Waals surface area contributed by atoms with Crippen molar-refractivity contribution in [2.24, 2.45) is 10.7 Å². The van der Waals surface area contributed by atoms with Gasteiger partial charge in [-0.05, 0) is 0 Å². The molecule has 0 rings (SSSR count). The van der Waals surface area contributed by atoms with Gasteiger partial charge in [-0.2, -0.15) is 0 Å². The van der Waals surface area contributed by atoms with Crippen LogP contribution in [-0.4, -0.2) is 19.6 Å². The first-order valence-electron chi connectivity index (χ1n) is 2.52. The molecule has 0 saturated carbocycles. The van der Waals surface area contributed by atoms with E-state index in [4.69, 9.17) is 5.73 Å². The van der Waals surface area contributed by atoms with Crippen LogP contribution in [0.4, 0.5) is 0 Å². The van der Waals surface area contributed by atoms with Gasteiger partial charge in [0.1, 0.15) is 0 Å². The van der Waals surface area contributed by atoms with E-state index in [-0.39, 0.29) is 0 Å². The SMILES string of the molecule is CCNNC(N)=NC. The minimum Gasteiger partial charge on any atom is -0.369 e. The van der Waals surface area contributed by atoms with Gasteiger partial charge in [0.15, 0.2) is 0 Å². The molecular formula is C4H12N4. The lowest BCUT2D eigenvalue weighted by Gasteiger charge is -2.01. The fraction of sp³-hybridized carbons (Fsp3) is 0.750. The third-order valence-corrected chi connectivity index (χ3v) is 0.634. The second-order valence-corrected chi connectivity index (χ2v) is 1.26. The lowest BCUT2D eigenvalue weighted by atomic mass is 10.8. The van der Waals surface area contributed by atoms with Gasteiger partial charge in [0.2, 0.25) is 5.96 Å². The Morgan fingerprint density at radius 2 is 2.38 bits per heavy atom. The monoisotopic (exact) mass is 116 g/mol. The standard InChI is InChI=1S/C4H12N4/c1-3-7-8-4(5)6-2/h7H,3H2,1-2H3,(H3,5,6,8). The Morgan fingerprint density at radius 3 is 2.75 bits per heavy atom. The van der Waals surface area contributed by atoms with Crippen LogP contribution in [0.15, 0.2) is 4.99 Å². The van der Waals surface area contributed by atoms with Gasteiger partial charge in [-0.15, -0.1) is 0 Å². The summed E-state index contributed by atoms with van der Waals surface area (Å²) in [5.74, 6) is 0.409. The minimum absolute atomic E-state index is 0.409. The molecule has 0 spiro atoms. The Morgan fingerprint density at radius 1 is 1.75 bits per heavy atom. The Kier molecular flexibility index (Phi) is 3.97. The average Bonchev–Trinajstić information content (AvgIpc) is 1.83. The van der Waals surface area contributed by atoms with E-state index in [1.807, 2.05) is 6.92 Å². The van der Waals surface area contributed by atoms with Gasteiger partial charge >= 0.3 is 0 Å². The molecule has 4 N–H and O–H groups in total. The molecular weight excluding hydrogens is 104 g/mol. The average molecular weight is 116 g/mol. The normalized spacial score (nSPS) is 11.5. The van der Waals surface area contributed by atoms with Crippen molar-refractivity contribution in [1.29, 1.82) is 0 Å². The summed E-state index contributed by atoms with van der Waals surface area (Å²) < 4.78 is 0. The molecule has 4 nitrogen and oxygen atoms in total. The number of hydrogen-bond acceptors (Lipinski definition) is 2. The van der Waals surface area contributed by atoms with E-state index in [9.17, 15) is 0 Å². The van der Waals surface area contributed by atoms with Crippen LogP contribution in [0.5, 0.6) is 0 Å². The third-order valence-electron chi connectivity index (χ3n) is 0.634. The third kappa shape index (κ3) is 3.42. The second kappa shape index (κ2) is 4.39. The Labute approximate surface area is 49.1 Å². The molecule has 0 saturated heterocycles. The van der Waals surface area contributed by atoms with Gasteiger partial charge in [-0.25, -0.2) is 5.43 Å². The topological polar surface area (TPSA) is 62.4 Å². The number of hydrogen-bond donors (Lipinski definition) is 3. The van der Waals surface area contributed by atoms with E-state index in [1.165, 1.54) is 0 Å². The van der Waals surface area contributed by atoms with Crippen LogP contribution < -0.4 is 16.6 Å². The number of aliphatic imine (C=N–C) groups is 1. The van der Waals surface area contributed by atoms with Gasteiger partial charge in [-0.1, -0.05) is 6.92 Å². The molecule has 0 aromatic rings. The van der Waals surface area contributed by atoms with Crippen LogP contribution in [-0.2, 0) is 0 Å². The van der Waals surface area contributed by atoms with Crippen molar-refractivity contribution in [3.05, 3.63) is 0 Å². The van der Waals surface area contributed by atoms with E-state index < -0.39 is 0 Å². The fourth-order valence-electron chi connectivity index (χ4n) is 0.235. The van der Waals surface area contributed by atoms with Gasteiger partial charge in [-0.3, -0.25) is 10.4 Å². The van der Waals surface area contributed by atoms with E-state index in [0.29, 0.717) is 5.96 Å². The van der Waals surface area contributed by atoms with Crippen molar-refractivity contribution in [2.45, 2.75) is 6.92 Å². The van der Waals surface area contributed by atoms with Crippen LogP contribution >= 0.6 is 0 Å². The van der Waals surface area contributed by atoms with Crippen molar-refractivity contribution in [2.75, 3.05) is 13.6 Å². The van der Waals surface area contributed by atoms with Crippen molar-refractivity contribution in [1.82, 2.24) is 10.9 Å². The summed E-state index contributed by atoms with van der Waals surface area (Å²) >= 11 is 0. The van der Waals surface area contributed by atoms with Crippen LogP contribution in [0.2, 0.25) is 0 Å². The van der Waals surface area contributed by atoms with E-state index >= 15 is 0 Å². The molecule has 0 aromatic heterocycles. The lowest BCUT2D eigenvalue weighted by molar-refractivity contribution is 0.679. The van der Waals surface area contributed by atoms with Crippen LogP contribution in [0.25, 0.3) is 0 Å². The van der Waals surface area contributed by atoms with Gasteiger partial charge in [0, 0.05) is 13.6 Å². The minimum atomic E-state index is 0.409. The molecule has 0 aliphatic rings. The summed E-state index contributed by atoms with van der Waals surface area (Å²) in [5.41, 5.74) is 10.7. The highest BCUT2D eigenvalue weighted by atomic mass is 15.4. The Hall–Kier alpha value is -0.770. The molecule has 4 heteroatoms. The fourth-order valence-corrected chi connectivity index (χ4v) is 0.235. The summed E-state index contributed by atoms with van der Waals surface area (Å²) in [6.07, 6.45) is 0. The highest BCUT2D eigenvalue weighted by Gasteiger charge is 1.80. The molecule has 48 valence electrons. The first kappa shape index (κ1) is 7.23. The molecule has 0 amide bonds. The second-order valence-electron chi connectivity index (χ2n) is 1.26. The molecule has 0 unspecified atom stereocenters. The summed E-state index contributed by atoms with van der Waals surface area (Å²) in [4.78, 5) is 3.65. The predicted molar refractivity (Wildman–Crippen MR) is 34.4 cm³/mol. The maximum atomic E-state index is 5.24. The molecule has 0 aromatic carbocycles. The number of rotatable bonds is 2. The van der Waals surface area contributed by atoms with E-state index in [2.05, 4.69) is 15.8 Å². The van der Waals surface area contributed by atoms with Crippen molar-refractivity contribution in [3.63, 3.8) is 0 Å². The van der Waals surface area contributed by atoms with E-state index in [1.54, 1.807) is 7.05 Å². The molecule has 0 heterocycles. The molecule has 0 radical (unpaired) electrons. The number of nitrogens with two attached hydrogens (primary N) is 1. The molecule has 0 bridgehead atoms. The largest absolute Gasteiger partial charge is 0.369 e. The van der Waals surface area contributed by atoms with E-state index in [0.717, 1.165) is 6.54 Å². The highest BCUT2D eigenvalue weighted by Crippen LogP contribution is 1.51. The summed E-state index contributed by atoms with van der Waals surface area (Å²) in [6, 6.07) is 0. The van der Waals surface area contributed by atoms with Crippen LogP contribution in [0.3, 0.4) is 0 Å². The number of hydrazine groups is 1. The lowest BCUT2D eigenvalue weighted by Crippen LogP contribution is -2.41. The predicted octanol–water partition coefficient (Wildman–Crippen LogP) is -0.955. The smallest absolute Gasteiger partial charge is 0.202 e. The summed E-state index contributed by atoms with van der Waals surface area (Å²) in [7, 11) is 1.62. The quantitative estimate of drug-likeness (QED) is 0.247. The maximum absolute atomic E-state index is 5.24. The molecule has 0 aliphatic heterocycles. The van der Waals surface area contributed by atoms with Gasteiger partial charge in [0.05, 0.1) is 0 Å². The number of nitrogens with one attached hydrogen (secondary N) is 2.